The number of methoxy groups -OCH3 is 1. The third-order valence-electron chi connectivity index (χ3n) is 2.18. The SMILES string of the molecule is COC(=O)c1cnc2[nH]cc(C(=O)O)c2c1. The number of aromatic nitrogens is 2. The van der Waals surface area contributed by atoms with Crippen molar-refractivity contribution in [3.63, 3.8) is 0 Å². The number of pyridine rings is 1. The number of fused-ring (bicyclic) bond motifs is 1. The molecule has 0 aromatic carbocycles. The average Bonchev–Trinajstić information content (AvgIpc) is 2.70. The first-order valence-corrected chi connectivity index (χ1v) is 4.42. The van der Waals surface area contributed by atoms with Crippen LogP contribution in [0.5, 0.6) is 0 Å². The largest absolute Gasteiger partial charge is 0.478 e. The molecule has 2 aromatic heterocycles. The normalized spacial score (nSPS) is 10.3. The van der Waals surface area contributed by atoms with Gasteiger partial charge in [-0.2, -0.15) is 0 Å². The second-order valence-corrected chi connectivity index (χ2v) is 3.12. The summed E-state index contributed by atoms with van der Waals surface area (Å²) in [5, 5.41) is 9.28. The summed E-state index contributed by atoms with van der Waals surface area (Å²) in [6, 6.07) is 1.44. The van der Waals surface area contributed by atoms with Gasteiger partial charge < -0.3 is 14.8 Å². The van der Waals surface area contributed by atoms with Crippen LogP contribution in [0.25, 0.3) is 11.0 Å². The van der Waals surface area contributed by atoms with E-state index in [0.29, 0.717) is 11.0 Å². The number of carboxylic acids is 1. The number of carbonyl (C=O) groups is 2. The van der Waals surface area contributed by atoms with Crippen LogP contribution in [0.2, 0.25) is 0 Å². The van der Waals surface area contributed by atoms with Crippen molar-refractivity contribution in [2.45, 2.75) is 0 Å². The lowest BCUT2D eigenvalue weighted by Gasteiger charge is -1.98. The van der Waals surface area contributed by atoms with E-state index in [1.54, 1.807) is 0 Å². The minimum absolute atomic E-state index is 0.0771. The van der Waals surface area contributed by atoms with Crippen molar-refractivity contribution in [1.82, 2.24) is 9.97 Å². The molecule has 0 aliphatic carbocycles. The summed E-state index contributed by atoms with van der Waals surface area (Å²) in [6.45, 7) is 0. The van der Waals surface area contributed by atoms with Crippen LogP contribution >= 0.6 is 0 Å². The van der Waals surface area contributed by atoms with Gasteiger partial charge in [0.25, 0.3) is 0 Å². The number of hydrogen-bond acceptors (Lipinski definition) is 4. The van der Waals surface area contributed by atoms with E-state index in [-0.39, 0.29) is 11.1 Å². The molecule has 0 saturated heterocycles. The Morgan fingerprint density at radius 2 is 2.25 bits per heavy atom. The Bertz CT molecular complexity index is 573. The summed E-state index contributed by atoms with van der Waals surface area (Å²) in [6.07, 6.45) is 2.66. The Morgan fingerprint density at radius 3 is 2.88 bits per heavy atom. The van der Waals surface area contributed by atoms with Crippen molar-refractivity contribution in [3.8, 4) is 0 Å². The number of hydrogen-bond donors (Lipinski definition) is 2. The number of nitrogens with zero attached hydrogens (tertiary/aromatic N) is 1. The van der Waals surface area contributed by atoms with Gasteiger partial charge in [0.05, 0.1) is 18.2 Å². The van der Waals surface area contributed by atoms with Gasteiger partial charge in [0.1, 0.15) is 5.65 Å². The van der Waals surface area contributed by atoms with Crippen molar-refractivity contribution < 1.29 is 19.4 Å². The van der Waals surface area contributed by atoms with Crippen LogP contribution in [0.15, 0.2) is 18.5 Å². The first-order chi connectivity index (χ1) is 7.63. The predicted octanol–water partition coefficient (Wildman–Crippen LogP) is 1.05. The van der Waals surface area contributed by atoms with Crippen molar-refractivity contribution in [2.24, 2.45) is 0 Å². The van der Waals surface area contributed by atoms with E-state index in [0.717, 1.165) is 0 Å². The van der Waals surface area contributed by atoms with Crippen LogP contribution in [0.1, 0.15) is 20.7 Å². The number of rotatable bonds is 2. The Morgan fingerprint density at radius 1 is 1.50 bits per heavy atom. The molecule has 0 amide bonds. The quantitative estimate of drug-likeness (QED) is 0.738. The molecule has 6 nitrogen and oxygen atoms in total. The van der Waals surface area contributed by atoms with Crippen molar-refractivity contribution in [2.75, 3.05) is 7.11 Å². The van der Waals surface area contributed by atoms with E-state index in [2.05, 4.69) is 14.7 Å². The van der Waals surface area contributed by atoms with E-state index in [1.165, 1.54) is 25.6 Å². The summed E-state index contributed by atoms with van der Waals surface area (Å²) in [7, 11) is 1.25. The Labute approximate surface area is 89.9 Å². The van der Waals surface area contributed by atoms with E-state index >= 15 is 0 Å². The van der Waals surface area contributed by atoms with Gasteiger partial charge in [-0.1, -0.05) is 0 Å². The molecule has 2 aromatic rings. The number of carbonyl (C=O) groups excluding carboxylic acids is 1. The Hall–Kier alpha value is -2.37. The van der Waals surface area contributed by atoms with Gasteiger partial charge in [-0.25, -0.2) is 14.6 Å². The zero-order chi connectivity index (χ0) is 11.7. The fourth-order valence-corrected chi connectivity index (χ4v) is 1.41. The highest BCUT2D eigenvalue weighted by Gasteiger charge is 2.14. The number of carboxylic acid groups (broad SMARTS) is 1. The fraction of sp³-hybridized carbons (Fsp3) is 0.100. The molecule has 2 heterocycles. The van der Waals surface area contributed by atoms with E-state index in [9.17, 15) is 9.59 Å². The highest BCUT2D eigenvalue weighted by atomic mass is 16.5. The number of aromatic amines is 1. The molecule has 0 bridgehead atoms. The summed E-state index contributed by atoms with van der Waals surface area (Å²) >= 11 is 0. The summed E-state index contributed by atoms with van der Waals surface area (Å²) < 4.78 is 4.53. The molecular formula is C10H8N2O4. The highest BCUT2D eigenvalue weighted by molar-refractivity contribution is 6.04. The van der Waals surface area contributed by atoms with Gasteiger partial charge in [-0.05, 0) is 6.07 Å². The molecule has 0 atom stereocenters. The predicted molar refractivity (Wildman–Crippen MR) is 54.4 cm³/mol. The molecule has 0 fully saturated rings. The maximum Gasteiger partial charge on any atom is 0.339 e. The summed E-state index contributed by atoms with van der Waals surface area (Å²) in [5.41, 5.74) is 0.718. The molecule has 0 aliphatic rings. The molecular weight excluding hydrogens is 212 g/mol. The molecule has 0 spiro atoms. The van der Waals surface area contributed by atoms with Gasteiger partial charge in [0.2, 0.25) is 0 Å². The Kier molecular flexibility index (Phi) is 2.32. The number of nitrogens with one attached hydrogen (secondary N) is 1. The first kappa shape index (κ1) is 10.2. The maximum absolute atomic E-state index is 11.2. The summed E-state index contributed by atoms with van der Waals surface area (Å²) in [4.78, 5) is 28.7. The lowest BCUT2D eigenvalue weighted by Crippen LogP contribution is -2.02. The van der Waals surface area contributed by atoms with Gasteiger partial charge in [-0.3, -0.25) is 0 Å². The van der Waals surface area contributed by atoms with Gasteiger partial charge in [0, 0.05) is 17.8 Å². The van der Waals surface area contributed by atoms with E-state index in [4.69, 9.17) is 5.11 Å². The molecule has 6 heteroatoms. The second-order valence-electron chi connectivity index (χ2n) is 3.12. The summed E-state index contributed by atoms with van der Waals surface area (Å²) in [5.74, 6) is -1.62. The number of ether oxygens (including phenoxy) is 1. The minimum Gasteiger partial charge on any atom is -0.478 e. The standard InChI is InChI=1S/C10H8N2O4/c1-16-10(15)5-2-6-7(9(13)14)4-12-8(6)11-3-5/h2-4H,1H3,(H,11,12)(H,13,14). The van der Waals surface area contributed by atoms with Crippen LogP contribution in [0.3, 0.4) is 0 Å². The third kappa shape index (κ3) is 1.50. The smallest absolute Gasteiger partial charge is 0.339 e. The van der Waals surface area contributed by atoms with Crippen molar-refractivity contribution in [3.05, 3.63) is 29.6 Å². The average molecular weight is 220 g/mol. The zero-order valence-electron chi connectivity index (χ0n) is 8.35. The van der Waals surface area contributed by atoms with Crippen LogP contribution in [-0.2, 0) is 4.74 Å². The lowest BCUT2D eigenvalue weighted by atomic mass is 10.2. The molecule has 0 radical (unpaired) electrons. The van der Waals surface area contributed by atoms with Gasteiger partial charge >= 0.3 is 11.9 Å². The number of esters is 1. The molecule has 0 saturated carbocycles. The van der Waals surface area contributed by atoms with Crippen molar-refractivity contribution >= 4 is 23.0 Å². The third-order valence-corrected chi connectivity index (χ3v) is 2.18. The van der Waals surface area contributed by atoms with Crippen LogP contribution < -0.4 is 0 Å². The molecule has 0 aliphatic heterocycles. The van der Waals surface area contributed by atoms with E-state index < -0.39 is 11.9 Å². The fourth-order valence-electron chi connectivity index (χ4n) is 1.41. The molecule has 82 valence electrons. The monoisotopic (exact) mass is 220 g/mol. The van der Waals surface area contributed by atoms with Crippen molar-refractivity contribution in [1.29, 1.82) is 0 Å². The number of aromatic carboxylic acids is 1. The second kappa shape index (κ2) is 3.65. The maximum atomic E-state index is 11.2. The lowest BCUT2D eigenvalue weighted by molar-refractivity contribution is 0.0599. The number of H-pyrrole nitrogens is 1. The molecule has 2 N–H and O–H groups in total. The van der Waals surface area contributed by atoms with Gasteiger partial charge in [-0.15, -0.1) is 0 Å². The Balaban J connectivity index is 2.63. The minimum atomic E-state index is -1.07. The first-order valence-electron chi connectivity index (χ1n) is 4.42. The van der Waals surface area contributed by atoms with Crippen LogP contribution in [-0.4, -0.2) is 34.1 Å². The molecule has 0 unspecified atom stereocenters. The van der Waals surface area contributed by atoms with E-state index in [1.807, 2.05) is 0 Å². The highest BCUT2D eigenvalue weighted by Crippen LogP contribution is 2.18. The topological polar surface area (TPSA) is 92.3 Å². The molecule has 16 heavy (non-hydrogen) atoms. The van der Waals surface area contributed by atoms with Gasteiger partial charge in [0.15, 0.2) is 0 Å². The van der Waals surface area contributed by atoms with Crippen LogP contribution in [0.4, 0.5) is 0 Å². The molecule has 2 rings (SSSR count). The van der Waals surface area contributed by atoms with Crippen LogP contribution in [0, 0.1) is 0 Å². The zero-order valence-corrected chi connectivity index (χ0v) is 8.35.